The van der Waals surface area contributed by atoms with Crippen LogP contribution in [-0.2, 0) is 0 Å². The van der Waals surface area contributed by atoms with Gasteiger partial charge < -0.3 is 17.8 Å². The van der Waals surface area contributed by atoms with Crippen LogP contribution in [0.15, 0.2) is 0 Å². The number of nitrogens with zero attached hydrogens (tertiary/aromatic N) is 1. The van der Waals surface area contributed by atoms with Gasteiger partial charge >= 0.3 is 6.98 Å². The second-order valence-electron chi connectivity index (χ2n) is 4.58. The molecule has 0 saturated heterocycles. The normalized spacial score (nSPS) is 29.6. The third-order valence-corrected chi connectivity index (χ3v) is 3.03. The second kappa shape index (κ2) is 4.56. The highest BCUT2D eigenvalue weighted by Crippen LogP contribution is 2.27. The van der Waals surface area contributed by atoms with Gasteiger partial charge in [-0.2, -0.15) is 0 Å². The highest BCUT2D eigenvalue weighted by atomic mass is 19.4. The first kappa shape index (κ1) is 11.9. The monoisotopic (exact) mass is 208 g/mol. The van der Waals surface area contributed by atoms with Gasteiger partial charge in [0.15, 0.2) is 0 Å². The topological polar surface area (TPSA) is 3.24 Å². The van der Waals surface area contributed by atoms with Crippen molar-refractivity contribution in [3.8, 4) is 0 Å². The van der Waals surface area contributed by atoms with Crippen LogP contribution in [0.25, 0.3) is 0 Å². The van der Waals surface area contributed by atoms with Gasteiger partial charge in [-0.25, -0.2) is 0 Å². The van der Waals surface area contributed by atoms with E-state index < -0.39 is 13.4 Å². The molecule has 1 aliphatic rings. The molecule has 0 amide bonds. The van der Waals surface area contributed by atoms with Crippen molar-refractivity contribution < 1.29 is 12.9 Å². The molecular weight excluding hydrogens is 190 g/mol. The van der Waals surface area contributed by atoms with Crippen molar-refractivity contribution in [1.82, 2.24) is 4.90 Å². The molecule has 1 nitrogen and oxygen atoms in total. The molecule has 0 aromatic carbocycles. The SMILES string of the molecule is CC1CCCC(N(C)C[B-](F)(F)F)C1. The fourth-order valence-electron chi connectivity index (χ4n) is 2.28. The molecule has 1 rings (SSSR count). The standard InChI is InChI=1S/C9H18BF3N/c1-8-4-3-5-9(6-8)14(2)7-10(11,12)13/h8-9H,3-7H2,1-2H3/q-1. The van der Waals surface area contributed by atoms with Gasteiger partial charge in [0.2, 0.25) is 0 Å². The summed E-state index contributed by atoms with van der Waals surface area (Å²) in [6, 6.07) is 0.141. The lowest BCUT2D eigenvalue weighted by Crippen LogP contribution is -2.43. The fourth-order valence-corrected chi connectivity index (χ4v) is 2.28. The first-order valence-corrected chi connectivity index (χ1v) is 5.29. The van der Waals surface area contributed by atoms with Gasteiger partial charge in [0.1, 0.15) is 0 Å². The molecule has 84 valence electrons. The molecule has 1 aliphatic carbocycles. The van der Waals surface area contributed by atoms with Crippen molar-refractivity contribution >= 4 is 6.98 Å². The fraction of sp³-hybridized carbons (Fsp3) is 1.00. The Hall–Kier alpha value is -0.185. The van der Waals surface area contributed by atoms with Crippen LogP contribution in [0.3, 0.4) is 0 Å². The molecule has 0 aliphatic heterocycles. The quantitative estimate of drug-likeness (QED) is 0.644. The van der Waals surface area contributed by atoms with E-state index in [1.807, 2.05) is 0 Å². The summed E-state index contributed by atoms with van der Waals surface area (Å²) in [6.45, 7) is -2.54. The van der Waals surface area contributed by atoms with Gasteiger partial charge in [-0.15, -0.1) is 0 Å². The van der Waals surface area contributed by atoms with E-state index >= 15 is 0 Å². The average Bonchev–Trinajstić information content (AvgIpc) is 2.01. The smallest absolute Gasteiger partial charge is 0.448 e. The van der Waals surface area contributed by atoms with Crippen LogP contribution in [0.5, 0.6) is 0 Å². The lowest BCUT2D eigenvalue weighted by Gasteiger charge is -2.36. The van der Waals surface area contributed by atoms with Gasteiger partial charge in [0, 0.05) is 6.04 Å². The Morgan fingerprint density at radius 2 is 1.93 bits per heavy atom. The molecule has 0 radical (unpaired) electrons. The molecule has 5 heteroatoms. The van der Waals surface area contributed by atoms with E-state index in [1.54, 1.807) is 7.05 Å². The van der Waals surface area contributed by atoms with Crippen molar-refractivity contribution in [3.63, 3.8) is 0 Å². The minimum absolute atomic E-state index is 0.141. The largest absolute Gasteiger partial charge is 0.492 e. The Balaban J connectivity index is 2.39. The summed E-state index contributed by atoms with van der Waals surface area (Å²) in [5.41, 5.74) is 0. The van der Waals surface area contributed by atoms with E-state index in [0.29, 0.717) is 5.92 Å². The van der Waals surface area contributed by atoms with E-state index in [4.69, 9.17) is 0 Å². The third kappa shape index (κ3) is 3.90. The maximum absolute atomic E-state index is 12.2. The zero-order chi connectivity index (χ0) is 10.8. The van der Waals surface area contributed by atoms with Crippen LogP contribution in [0.1, 0.15) is 32.6 Å². The molecule has 0 bridgehead atoms. The molecular formula is C9H18BF3N-. The molecule has 14 heavy (non-hydrogen) atoms. The Morgan fingerprint density at radius 3 is 2.43 bits per heavy atom. The molecule has 2 atom stereocenters. The minimum atomic E-state index is -4.66. The van der Waals surface area contributed by atoms with Gasteiger partial charge in [-0.05, 0) is 32.3 Å². The van der Waals surface area contributed by atoms with Gasteiger partial charge in [-0.1, -0.05) is 19.8 Å². The van der Waals surface area contributed by atoms with Crippen molar-refractivity contribution in [3.05, 3.63) is 0 Å². The Bertz CT molecular complexity index is 183. The summed E-state index contributed by atoms with van der Waals surface area (Å²) >= 11 is 0. The van der Waals surface area contributed by atoms with E-state index in [2.05, 4.69) is 6.92 Å². The van der Waals surface area contributed by atoms with Crippen molar-refractivity contribution in [2.75, 3.05) is 13.5 Å². The van der Waals surface area contributed by atoms with Crippen molar-refractivity contribution in [2.45, 2.75) is 38.6 Å². The number of hydrogen-bond donors (Lipinski definition) is 0. The highest BCUT2D eigenvalue weighted by Gasteiger charge is 2.29. The average molecular weight is 208 g/mol. The summed E-state index contributed by atoms with van der Waals surface area (Å²) in [6.07, 6.45) is 3.37. The number of hydrogen-bond acceptors (Lipinski definition) is 1. The van der Waals surface area contributed by atoms with E-state index in [0.717, 1.165) is 19.3 Å². The second-order valence-corrected chi connectivity index (χ2v) is 4.58. The zero-order valence-electron chi connectivity index (χ0n) is 8.85. The Labute approximate surface area is 83.7 Å². The van der Waals surface area contributed by atoms with Crippen LogP contribution in [0.4, 0.5) is 12.9 Å². The maximum Gasteiger partial charge on any atom is 0.492 e. The summed E-state index contributed by atoms with van der Waals surface area (Å²) in [5, 5.41) is 0. The predicted octanol–water partition coefficient (Wildman–Crippen LogP) is 2.88. The molecule has 1 fully saturated rings. The summed E-state index contributed by atoms with van der Waals surface area (Å²) < 4.78 is 36.5. The van der Waals surface area contributed by atoms with Crippen LogP contribution in [0.2, 0.25) is 0 Å². The first-order chi connectivity index (χ1) is 6.38. The van der Waals surface area contributed by atoms with Crippen molar-refractivity contribution in [2.24, 2.45) is 5.92 Å². The predicted molar refractivity (Wildman–Crippen MR) is 53.1 cm³/mol. The molecule has 1 saturated carbocycles. The molecule has 0 aromatic rings. The van der Waals surface area contributed by atoms with Crippen LogP contribution < -0.4 is 0 Å². The molecule has 0 spiro atoms. The number of halogens is 3. The highest BCUT2D eigenvalue weighted by molar-refractivity contribution is 6.58. The lowest BCUT2D eigenvalue weighted by molar-refractivity contribution is 0.171. The van der Waals surface area contributed by atoms with Gasteiger partial charge in [-0.3, -0.25) is 0 Å². The Morgan fingerprint density at radius 1 is 1.29 bits per heavy atom. The number of rotatable bonds is 3. The minimum Gasteiger partial charge on any atom is -0.448 e. The van der Waals surface area contributed by atoms with Gasteiger partial charge in [0.25, 0.3) is 0 Å². The van der Waals surface area contributed by atoms with Gasteiger partial charge in [0.05, 0.1) is 0 Å². The molecule has 0 N–H and O–H groups in total. The van der Waals surface area contributed by atoms with Crippen molar-refractivity contribution in [1.29, 1.82) is 0 Å². The van der Waals surface area contributed by atoms with E-state index in [1.165, 1.54) is 11.3 Å². The lowest BCUT2D eigenvalue weighted by atomic mass is 9.84. The summed E-state index contributed by atoms with van der Waals surface area (Å²) in [5.74, 6) is 0.580. The summed E-state index contributed by atoms with van der Waals surface area (Å²) in [7, 11) is 1.60. The molecule has 2 unspecified atom stereocenters. The summed E-state index contributed by atoms with van der Waals surface area (Å²) in [4.78, 5) is 1.48. The third-order valence-electron chi connectivity index (χ3n) is 3.03. The van der Waals surface area contributed by atoms with E-state index in [9.17, 15) is 12.9 Å². The first-order valence-electron chi connectivity index (χ1n) is 5.29. The van der Waals surface area contributed by atoms with Crippen LogP contribution in [-0.4, -0.2) is 31.4 Å². The zero-order valence-corrected chi connectivity index (χ0v) is 8.85. The van der Waals surface area contributed by atoms with E-state index in [-0.39, 0.29) is 6.04 Å². The molecule has 0 aromatic heterocycles. The van der Waals surface area contributed by atoms with Crippen LogP contribution in [0, 0.1) is 5.92 Å². The molecule has 0 heterocycles. The maximum atomic E-state index is 12.2. The van der Waals surface area contributed by atoms with Crippen LogP contribution >= 0.6 is 0 Å². The Kier molecular flexibility index (Phi) is 3.87.